The number of hydrazone groups is 1. The molecule has 150 valence electrons. The van der Waals surface area contributed by atoms with E-state index >= 15 is 0 Å². The molecule has 0 spiro atoms. The Morgan fingerprint density at radius 2 is 1.89 bits per heavy atom. The van der Waals surface area contributed by atoms with Crippen LogP contribution in [0.1, 0.15) is 26.7 Å². The lowest BCUT2D eigenvalue weighted by atomic mass is 10.1. The van der Waals surface area contributed by atoms with Crippen LogP contribution >= 0.6 is 0 Å². The summed E-state index contributed by atoms with van der Waals surface area (Å²) in [7, 11) is -1.62. The molecule has 0 aromatic heterocycles. The highest BCUT2D eigenvalue weighted by Crippen LogP contribution is 2.24. The highest BCUT2D eigenvalue weighted by Gasteiger charge is 2.29. The fourth-order valence-electron chi connectivity index (χ4n) is 2.88. The van der Waals surface area contributed by atoms with Gasteiger partial charge in [-0.1, -0.05) is 0 Å². The lowest BCUT2D eigenvalue weighted by Crippen LogP contribution is -2.47. The molecule has 8 nitrogen and oxygen atoms in total. The number of piperidine rings is 1. The van der Waals surface area contributed by atoms with Gasteiger partial charge in [-0.15, -0.1) is 0 Å². The number of rotatable bonds is 7. The fourth-order valence-corrected chi connectivity index (χ4v) is 4.06. The average Bonchev–Trinajstić information content (AvgIpc) is 2.61. The standard InChI is InChI=1S/C18H28N4O4S/c1-5-26-17-8-6-16(7-9-17)22(27(4,24)25)14(2)18(23)20-19-15-10-12-21(3)13-11-15/h6-9,14H,5,10-13H2,1-4H3,(H,20,23). The molecule has 1 aliphatic heterocycles. The molecule has 1 N–H and O–H groups in total. The predicted molar refractivity (Wildman–Crippen MR) is 107 cm³/mol. The lowest BCUT2D eigenvalue weighted by Gasteiger charge is -2.28. The summed E-state index contributed by atoms with van der Waals surface area (Å²) >= 11 is 0. The minimum absolute atomic E-state index is 0.399. The van der Waals surface area contributed by atoms with Crippen LogP contribution in [-0.4, -0.2) is 64.0 Å². The van der Waals surface area contributed by atoms with Gasteiger partial charge in [-0.25, -0.2) is 13.8 Å². The number of carbonyl (C=O) groups excluding carboxylic acids is 1. The summed E-state index contributed by atoms with van der Waals surface area (Å²) in [6.45, 7) is 5.72. The Morgan fingerprint density at radius 1 is 1.30 bits per heavy atom. The third-order valence-electron chi connectivity index (χ3n) is 4.38. The number of nitrogens with one attached hydrogen (secondary N) is 1. The van der Waals surface area contributed by atoms with Crippen molar-refractivity contribution in [3.63, 3.8) is 0 Å². The largest absolute Gasteiger partial charge is 0.494 e. The normalized spacial score (nSPS) is 16.5. The van der Waals surface area contributed by atoms with Crippen molar-refractivity contribution in [3.8, 4) is 5.75 Å². The van der Waals surface area contributed by atoms with E-state index in [9.17, 15) is 13.2 Å². The SMILES string of the molecule is CCOc1ccc(N(C(C)C(=O)NN=C2CCN(C)CC2)S(C)(=O)=O)cc1. The number of benzene rings is 1. The van der Waals surface area contributed by atoms with Gasteiger partial charge < -0.3 is 9.64 Å². The summed E-state index contributed by atoms with van der Waals surface area (Å²) in [6.07, 6.45) is 2.66. The van der Waals surface area contributed by atoms with Crippen LogP contribution in [0.25, 0.3) is 0 Å². The van der Waals surface area contributed by atoms with E-state index in [-0.39, 0.29) is 0 Å². The predicted octanol–water partition coefficient (Wildman–Crippen LogP) is 1.44. The fraction of sp³-hybridized carbons (Fsp3) is 0.556. The third kappa shape index (κ3) is 5.93. The number of anilines is 1. The van der Waals surface area contributed by atoms with Gasteiger partial charge in [0.1, 0.15) is 11.8 Å². The molecule has 9 heteroatoms. The summed E-state index contributed by atoms with van der Waals surface area (Å²) in [4.78, 5) is 14.7. The summed E-state index contributed by atoms with van der Waals surface area (Å²) in [5.41, 5.74) is 3.84. The molecule has 1 amide bonds. The van der Waals surface area contributed by atoms with Gasteiger partial charge in [0, 0.05) is 31.6 Å². The number of carbonyl (C=O) groups is 1. The Balaban J connectivity index is 2.13. The minimum Gasteiger partial charge on any atom is -0.494 e. The van der Waals surface area contributed by atoms with Crippen LogP contribution in [0, 0.1) is 0 Å². The summed E-state index contributed by atoms with van der Waals surface area (Å²) < 4.78 is 31.1. The van der Waals surface area contributed by atoms with Crippen LogP contribution < -0.4 is 14.5 Å². The molecule has 0 saturated carbocycles. The van der Waals surface area contributed by atoms with E-state index < -0.39 is 22.0 Å². The molecule has 1 aromatic rings. The molecule has 1 unspecified atom stereocenters. The Bertz CT molecular complexity index is 767. The van der Waals surface area contributed by atoms with E-state index in [0.717, 1.165) is 42.2 Å². The van der Waals surface area contributed by atoms with E-state index in [2.05, 4.69) is 15.4 Å². The van der Waals surface area contributed by atoms with E-state index in [4.69, 9.17) is 4.74 Å². The first-order valence-corrected chi connectivity index (χ1v) is 10.8. The van der Waals surface area contributed by atoms with Crippen LogP contribution in [0.5, 0.6) is 5.75 Å². The Morgan fingerprint density at radius 3 is 2.41 bits per heavy atom. The van der Waals surface area contributed by atoms with Crippen molar-refractivity contribution in [2.45, 2.75) is 32.7 Å². The van der Waals surface area contributed by atoms with Gasteiger partial charge in [0.15, 0.2) is 0 Å². The number of amides is 1. The second-order valence-electron chi connectivity index (χ2n) is 6.62. The summed E-state index contributed by atoms with van der Waals surface area (Å²) in [6, 6.07) is 5.67. The van der Waals surface area contributed by atoms with Gasteiger partial charge in [-0.05, 0) is 45.2 Å². The first kappa shape index (κ1) is 21.2. The smallest absolute Gasteiger partial charge is 0.263 e. The van der Waals surface area contributed by atoms with E-state index in [1.807, 2.05) is 14.0 Å². The maximum absolute atomic E-state index is 12.5. The van der Waals surface area contributed by atoms with Crippen molar-refractivity contribution in [1.29, 1.82) is 0 Å². The molecular weight excluding hydrogens is 368 g/mol. The van der Waals surface area contributed by atoms with Gasteiger partial charge in [0.2, 0.25) is 10.0 Å². The zero-order valence-corrected chi connectivity index (χ0v) is 17.1. The Labute approximate surface area is 161 Å². The second kappa shape index (κ2) is 9.18. The zero-order chi connectivity index (χ0) is 20.0. The number of sulfonamides is 1. The average molecular weight is 397 g/mol. The van der Waals surface area contributed by atoms with Crippen molar-refractivity contribution >= 4 is 27.3 Å². The van der Waals surface area contributed by atoms with Gasteiger partial charge in [0.05, 0.1) is 18.6 Å². The molecule has 0 bridgehead atoms. The van der Waals surface area contributed by atoms with Crippen molar-refractivity contribution in [2.75, 3.05) is 37.3 Å². The second-order valence-corrected chi connectivity index (χ2v) is 8.48. The lowest BCUT2D eigenvalue weighted by molar-refractivity contribution is -0.121. The first-order valence-electron chi connectivity index (χ1n) is 8.98. The Kier molecular flexibility index (Phi) is 7.20. The number of ether oxygens (including phenoxy) is 1. The summed E-state index contributed by atoms with van der Waals surface area (Å²) in [5, 5.41) is 4.18. The monoisotopic (exact) mass is 396 g/mol. The molecule has 1 saturated heterocycles. The number of nitrogens with zero attached hydrogens (tertiary/aromatic N) is 3. The van der Waals surface area contributed by atoms with Crippen LogP contribution in [-0.2, 0) is 14.8 Å². The van der Waals surface area contributed by atoms with Gasteiger partial charge in [0.25, 0.3) is 5.91 Å². The molecule has 1 heterocycles. The zero-order valence-electron chi connectivity index (χ0n) is 16.3. The van der Waals surface area contributed by atoms with Crippen LogP contribution in [0.3, 0.4) is 0 Å². The van der Waals surface area contributed by atoms with Crippen LogP contribution in [0.2, 0.25) is 0 Å². The van der Waals surface area contributed by atoms with Gasteiger partial charge in [-0.2, -0.15) is 5.10 Å². The molecule has 1 aliphatic rings. The van der Waals surface area contributed by atoms with E-state index in [0.29, 0.717) is 18.0 Å². The molecule has 0 radical (unpaired) electrons. The molecule has 0 aliphatic carbocycles. The van der Waals surface area contributed by atoms with Gasteiger partial charge >= 0.3 is 0 Å². The highest BCUT2D eigenvalue weighted by molar-refractivity contribution is 7.92. The topological polar surface area (TPSA) is 91.3 Å². The third-order valence-corrected chi connectivity index (χ3v) is 5.62. The van der Waals surface area contributed by atoms with E-state index in [1.54, 1.807) is 31.2 Å². The maximum atomic E-state index is 12.5. The number of hydrogen-bond donors (Lipinski definition) is 1. The molecular formula is C18H28N4O4S. The van der Waals surface area contributed by atoms with Crippen molar-refractivity contribution in [1.82, 2.24) is 10.3 Å². The maximum Gasteiger partial charge on any atom is 0.263 e. The number of hydrogen-bond acceptors (Lipinski definition) is 6. The minimum atomic E-state index is -3.66. The molecule has 27 heavy (non-hydrogen) atoms. The van der Waals surface area contributed by atoms with Crippen LogP contribution in [0.4, 0.5) is 5.69 Å². The highest BCUT2D eigenvalue weighted by atomic mass is 32.2. The van der Waals surface area contributed by atoms with Crippen molar-refractivity contribution in [3.05, 3.63) is 24.3 Å². The molecule has 2 rings (SSSR count). The summed E-state index contributed by atoms with van der Waals surface area (Å²) in [5.74, 6) is 0.168. The van der Waals surface area contributed by atoms with Crippen molar-refractivity contribution < 1.29 is 17.9 Å². The van der Waals surface area contributed by atoms with Crippen LogP contribution in [0.15, 0.2) is 29.4 Å². The molecule has 1 aromatic carbocycles. The van der Waals surface area contributed by atoms with Gasteiger partial charge in [-0.3, -0.25) is 9.10 Å². The van der Waals surface area contributed by atoms with Crippen molar-refractivity contribution in [2.24, 2.45) is 5.10 Å². The molecule has 1 atom stereocenters. The quantitative estimate of drug-likeness (QED) is 0.704. The Hall–Kier alpha value is -2.13. The van der Waals surface area contributed by atoms with E-state index in [1.165, 1.54) is 0 Å². The number of likely N-dealkylation sites (tertiary alicyclic amines) is 1. The molecule has 1 fully saturated rings. The first-order chi connectivity index (χ1) is 12.7.